The molecule has 0 bridgehead atoms. The van der Waals surface area contributed by atoms with Crippen LogP contribution in [0.2, 0.25) is 0 Å². The Kier molecular flexibility index (Phi) is 6.24. The molecule has 0 fully saturated rings. The third-order valence-corrected chi connectivity index (χ3v) is 3.61. The summed E-state index contributed by atoms with van der Waals surface area (Å²) in [4.78, 5) is 28.8. The van der Waals surface area contributed by atoms with Crippen LogP contribution in [0, 0.1) is 5.82 Å². The molecule has 25 heavy (non-hydrogen) atoms. The van der Waals surface area contributed by atoms with E-state index in [0.29, 0.717) is 35.8 Å². The Morgan fingerprint density at radius 3 is 2.56 bits per heavy atom. The first-order valence-electron chi connectivity index (χ1n) is 7.65. The average molecular weight is 349 g/mol. The van der Waals surface area contributed by atoms with E-state index in [0.717, 1.165) is 0 Å². The zero-order valence-electron chi connectivity index (χ0n) is 14.3. The predicted molar refractivity (Wildman–Crippen MR) is 91.0 cm³/mol. The van der Waals surface area contributed by atoms with Gasteiger partial charge in [0.15, 0.2) is 0 Å². The lowest BCUT2D eigenvalue weighted by Crippen LogP contribution is -2.20. The van der Waals surface area contributed by atoms with Gasteiger partial charge in [-0.1, -0.05) is 0 Å². The second-order valence-electron chi connectivity index (χ2n) is 5.30. The van der Waals surface area contributed by atoms with Crippen molar-refractivity contribution in [2.75, 3.05) is 27.4 Å². The largest absolute Gasteiger partial charge is 0.469 e. The lowest BCUT2D eigenvalue weighted by atomic mass is 10.1. The molecule has 1 N–H and O–H groups in total. The number of benzene rings is 1. The zero-order chi connectivity index (χ0) is 18.4. The molecule has 0 aliphatic rings. The van der Waals surface area contributed by atoms with Crippen molar-refractivity contribution in [1.82, 2.24) is 9.78 Å². The Bertz CT molecular complexity index is 821. The second kappa shape index (κ2) is 8.39. The summed E-state index contributed by atoms with van der Waals surface area (Å²) in [5, 5.41) is 2.89. The normalized spacial score (nSPS) is 11.6. The molecule has 8 heteroatoms. The molecule has 0 unspecified atom stereocenters. The van der Waals surface area contributed by atoms with E-state index < -0.39 is 11.8 Å². The number of carbonyl (C=O) groups excluding carboxylic acids is 1. The van der Waals surface area contributed by atoms with E-state index in [-0.39, 0.29) is 12.0 Å². The molecule has 134 valence electrons. The van der Waals surface area contributed by atoms with Crippen molar-refractivity contribution in [3.8, 4) is 5.69 Å². The van der Waals surface area contributed by atoms with Gasteiger partial charge in [-0.2, -0.15) is 0 Å². The van der Waals surface area contributed by atoms with E-state index in [1.165, 1.54) is 36.1 Å². The number of carbonyl (C=O) groups is 1. The Morgan fingerprint density at radius 2 is 1.96 bits per heavy atom. The fourth-order valence-electron chi connectivity index (χ4n) is 2.36. The van der Waals surface area contributed by atoms with Crippen molar-refractivity contribution in [2.45, 2.75) is 13.3 Å². The second-order valence-corrected chi connectivity index (χ2v) is 5.30. The highest BCUT2D eigenvalue weighted by molar-refractivity contribution is 6.00. The molecule has 0 radical (unpaired) electrons. The minimum Gasteiger partial charge on any atom is -0.469 e. The van der Waals surface area contributed by atoms with E-state index in [2.05, 4.69) is 14.8 Å². The molecule has 1 heterocycles. The standard InChI is InChI=1S/C17H20FN3O4/c1-11(19-8-9-24-2)16-14(10-15(22)25-3)20-21(17(16)23)13-6-4-12(18)5-7-13/h4-7,20H,8-10H2,1-3H3. The number of aromatic nitrogens is 2. The van der Waals surface area contributed by atoms with E-state index in [4.69, 9.17) is 4.74 Å². The third-order valence-electron chi connectivity index (χ3n) is 3.61. The van der Waals surface area contributed by atoms with Gasteiger partial charge in [0.05, 0.1) is 43.6 Å². The van der Waals surface area contributed by atoms with Crippen LogP contribution < -0.4 is 5.56 Å². The number of nitrogens with zero attached hydrogens (tertiary/aromatic N) is 2. The number of hydrogen-bond acceptors (Lipinski definition) is 5. The average Bonchev–Trinajstić information content (AvgIpc) is 2.91. The molecule has 2 aromatic rings. The van der Waals surface area contributed by atoms with Crippen LogP contribution in [0.15, 0.2) is 34.1 Å². The highest BCUT2D eigenvalue weighted by Gasteiger charge is 2.20. The van der Waals surface area contributed by atoms with E-state index >= 15 is 0 Å². The number of nitrogens with one attached hydrogen (secondary N) is 1. The van der Waals surface area contributed by atoms with Gasteiger partial charge in [0.1, 0.15) is 5.82 Å². The maximum atomic E-state index is 13.1. The van der Waals surface area contributed by atoms with Crippen LogP contribution in [-0.4, -0.2) is 48.8 Å². The summed E-state index contributed by atoms with van der Waals surface area (Å²) >= 11 is 0. The van der Waals surface area contributed by atoms with Crippen molar-refractivity contribution in [3.63, 3.8) is 0 Å². The van der Waals surface area contributed by atoms with Crippen LogP contribution in [0.25, 0.3) is 5.69 Å². The maximum Gasteiger partial charge on any atom is 0.311 e. The fraction of sp³-hybridized carbons (Fsp3) is 0.353. The van der Waals surface area contributed by atoms with Crippen molar-refractivity contribution in [2.24, 2.45) is 4.99 Å². The molecule has 0 saturated heterocycles. The number of halogens is 1. The van der Waals surface area contributed by atoms with E-state index in [9.17, 15) is 14.0 Å². The molecule has 7 nitrogen and oxygen atoms in total. The van der Waals surface area contributed by atoms with Crippen LogP contribution in [0.5, 0.6) is 0 Å². The SMILES string of the molecule is COCCN=C(C)c1c(CC(=O)OC)[nH]n(-c2ccc(F)cc2)c1=O. The Morgan fingerprint density at radius 1 is 1.28 bits per heavy atom. The molecule has 0 spiro atoms. The van der Waals surface area contributed by atoms with Gasteiger partial charge in [-0.05, 0) is 31.2 Å². The van der Waals surface area contributed by atoms with Gasteiger partial charge < -0.3 is 9.47 Å². The minimum atomic E-state index is -0.488. The van der Waals surface area contributed by atoms with Gasteiger partial charge in [-0.3, -0.25) is 19.7 Å². The Labute approximate surface area is 144 Å². The van der Waals surface area contributed by atoms with Crippen LogP contribution in [0.1, 0.15) is 18.2 Å². The molecule has 2 rings (SSSR count). The topological polar surface area (TPSA) is 85.7 Å². The van der Waals surface area contributed by atoms with Gasteiger partial charge in [0.2, 0.25) is 0 Å². The lowest BCUT2D eigenvalue weighted by Gasteiger charge is -2.02. The first-order valence-corrected chi connectivity index (χ1v) is 7.65. The number of methoxy groups -OCH3 is 2. The number of aliphatic imine (C=N–C) groups is 1. The molecule has 1 aromatic carbocycles. The van der Waals surface area contributed by atoms with Crippen molar-refractivity contribution in [1.29, 1.82) is 0 Å². The number of ether oxygens (including phenoxy) is 2. The number of aromatic amines is 1. The van der Waals surface area contributed by atoms with Gasteiger partial charge in [0.25, 0.3) is 5.56 Å². The monoisotopic (exact) mass is 349 g/mol. The number of H-pyrrole nitrogens is 1. The molecule has 1 aromatic heterocycles. The molecule has 0 aliphatic carbocycles. The van der Waals surface area contributed by atoms with Gasteiger partial charge >= 0.3 is 5.97 Å². The summed E-state index contributed by atoms with van der Waals surface area (Å²) in [5.41, 5.74) is 1.25. The smallest absolute Gasteiger partial charge is 0.311 e. The molecule has 0 amide bonds. The molecule has 0 saturated carbocycles. The molecule has 0 aliphatic heterocycles. The van der Waals surface area contributed by atoms with Crippen LogP contribution >= 0.6 is 0 Å². The van der Waals surface area contributed by atoms with Crippen LogP contribution in [0.3, 0.4) is 0 Å². The number of hydrogen-bond donors (Lipinski definition) is 1. The highest BCUT2D eigenvalue weighted by atomic mass is 19.1. The minimum absolute atomic E-state index is 0.105. The zero-order valence-corrected chi connectivity index (χ0v) is 14.3. The van der Waals surface area contributed by atoms with E-state index in [1.54, 1.807) is 14.0 Å². The third kappa shape index (κ3) is 4.42. The summed E-state index contributed by atoms with van der Waals surface area (Å²) in [6, 6.07) is 5.44. The quantitative estimate of drug-likeness (QED) is 0.466. The van der Waals surface area contributed by atoms with Crippen LogP contribution in [-0.2, 0) is 20.7 Å². The van der Waals surface area contributed by atoms with Gasteiger partial charge in [-0.15, -0.1) is 0 Å². The van der Waals surface area contributed by atoms with E-state index in [1.807, 2.05) is 0 Å². The first-order chi connectivity index (χ1) is 12.0. The van der Waals surface area contributed by atoms with Crippen molar-refractivity contribution < 1.29 is 18.7 Å². The van der Waals surface area contributed by atoms with Gasteiger partial charge in [-0.25, -0.2) is 9.07 Å². The first kappa shape index (κ1) is 18.6. The number of rotatable bonds is 7. The molecular weight excluding hydrogens is 329 g/mol. The summed E-state index contributed by atoms with van der Waals surface area (Å²) in [6.45, 7) is 2.50. The summed E-state index contributed by atoms with van der Waals surface area (Å²) in [6.07, 6.45) is -0.105. The maximum absolute atomic E-state index is 13.1. The number of esters is 1. The highest BCUT2D eigenvalue weighted by Crippen LogP contribution is 2.11. The predicted octanol–water partition coefficient (Wildman–Crippen LogP) is 1.48. The summed E-state index contributed by atoms with van der Waals surface area (Å²) in [5.74, 6) is -0.894. The summed E-state index contributed by atoms with van der Waals surface area (Å²) in [7, 11) is 2.84. The fourth-order valence-corrected chi connectivity index (χ4v) is 2.36. The van der Waals surface area contributed by atoms with Crippen LogP contribution in [0.4, 0.5) is 4.39 Å². The van der Waals surface area contributed by atoms with Gasteiger partial charge in [0, 0.05) is 12.8 Å². The Hall–Kier alpha value is -2.74. The lowest BCUT2D eigenvalue weighted by molar-refractivity contribution is -0.139. The van der Waals surface area contributed by atoms with Crippen molar-refractivity contribution in [3.05, 3.63) is 51.7 Å². The van der Waals surface area contributed by atoms with Crippen molar-refractivity contribution >= 4 is 11.7 Å². The Balaban J connectivity index is 2.51. The summed E-state index contributed by atoms with van der Waals surface area (Å²) < 4.78 is 24.0. The molecule has 0 atom stereocenters. The molecular formula is C17H20FN3O4.